The van der Waals surface area contributed by atoms with Crippen molar-refractivity contribution in [1.82, 2.24) is 0 Å². The SMILES string of the molecule is Clc1ccc([C@H]2C[C@H](Br)[C@@H](OC3CCCO3)O2)cc1. The summed E-state index contributed by atoms with van der Waals surface area (Å²) in [7, 11) is 0. The van der Waals surface area contributed by atoms with Gasteiger partial charge in [-0.25, -0.2) is 0 Å². The molecule has 0 aliphatic carbocycles. The lowest BCUT2D eigenvalue weighted by Gasteiger charge is -2.19. The molecule has 1 aromatic carbocycles. The fraction of sp³-hybridized carbons (Fsp3) is 0.571. The molecule has 4 atom stereocenters. The summed E-state index contributed by atoms with van der Waals surface area (Å²) in [6, 6.07) is 7.78. The Balaban J connectivity index is 1.62. The highest BCUT2D eigenvalue weighted by molar-refractivity contribution is 9.09. The fourth-order valence-corrected chi connectivity index (χ4v) is 3.15. The van der Waals surface area contributed by atoms with Crippen molar-refractivity contribution < 1.29 is 14.2 Å². The molecule has 0 radical (unpaired) electrons. The molecule has 2 saturated heterocycles. The zero-order valence-electron chi connectivity index (χ0n) is 10.4. The predicted octanol–water partition coefficient (Wildman–Crippen LogP) is 4.04. The molecule has 2 heterocycles. The number of benzene rings is 1. The summed E-state index contributed by atoms with van der Waals surface area (Å²) in [5.74, 6) is 0. The van der Waals surface area contributed by atoms with Crippen LogP contribution in [0.3, 0.4) is 0 Å². The van der Waals surface area contributed by atoms with Gasteiger partial charge in [-0.05, 0) is 30.5 Å². The normalized spacial score (nSPS) is 34.8. The van der Waals surface area contributed by atoms with Gasteiger partial charge in [0, 0.05) is 18.1 Å². The van der Waals surface area contributed by atoms with Crippen molar-refractivity contribution >= 4 is 27.5 Å². The van der Waals surface area contributed by atoms with E-state index in [4.69, 9.17) is 25.8 Å². The van der Waals surface area contributed by atoms with Crippen molar-refractivity contribution in [1.29, 1.82) is 0 Å². The van der Waals surface area contributed by atoms with Crippen molar-refractivity contribution in [3.63, 3.8) is 0 Å². The van der Waals surface area contributed by atoms with E-state index in [9.17, 15) is 0 Å². The zero-order valence-corrected chi connectivity index (χ0v) is 12.8. The van der Waals surface area contributed by atoms with Crippen molar-refractivity contribution in [2.75, 3.05) is 6.61 Å². The molecular formula is C14H16BrClO3. The van der Waals surface area contributed by atoms with Crippen LogP contribution in [0.25, 0.3) is 0 Å². The third-order valence-electron chi connectivity index (χ3n) is 3.45. The quantitative estimate of drug-likeness (QED) is 0.772. The zero-order chi connectivity index (χ0) is 13.2. The molecule has 0 bridgehead atoms. The standard InChI is InChI=1S/C14H16BrClO3/c15-11-8-12(9-3-5-10(16)6-4-9)18-14(11)19-13-2-1-7-17-13/h3-6,11-14H,1-2,7-8H2/t11-,12+,13?,14+/m0/s1. The highest BCUT2D eigenvalue weighted by Crippen LogP contribution is 2.38. The van der Waals surface area contributed by atoms with E-state index in [-0.39, 0.29) is 23.5 Å². The third-order valence-corrected chi connectivity index (χ3v) is 4.51. The molecule has 0 spiro atoms. The monoisotopic (exact) mass is 346 g/mol. The van der Waals surface area contributed by atoms with Gasteiger partial charge in [0.05, 0.1) is 10.9 Å². The summed E-state index contributed by atoms with van der Waals surface area (Å²) >= 11 is 9.53. The van der Waals surface area contributed by atoms with Crippen molar-refractivity contribution in [3.05, 3.63) is 34.9 Å². The minimum absolute atomic E-state index is 0.0491. The molecule has 0 aromatic heterocycles. The summed E-state index contributed by atoms with van der Waals surface area (Å²) in [6.45, 7) is 0.783. The summed E-state index contributed by atoms with van der Waals surface area (Å²) < 4.78 is 17.3. The minimum Gasteiger partial charge on any atom is -0.353 e. The maximum Gasteiger partial charge on any atom is 0.174 e. The van der Waals surface area contributed by atoms with Gasteiger partial charge < -0.3 is 14.2 Å². The van der Waals surface area contributed by atoms with E-state index in [1.807, 2.05) is 24.3 Å². The maximum absolute atomic E-state index is 5.97. The van der Waals surface area contributed by atoms with Crippen LogP contribution >= 0.6 is 27.5 Å². The Morgan fingerprint density at radius 1 is 1.26 bits per heavy atom. The van der Waals surface area contributed by atoms with Crippen LogP contribution in [0.4, 0.5) is 0 Å². The Labute approximate surface area is 126 Å². The number of hydrogen-bond donors (Lipinski definition) is 0. The predicted molar refractivity (Wildman–Crippen MR) is 76.5 cm³/mol. The molecule has 1 aromatic rings. The average Bonchev–Trinajstić information content (AvgIpc) is 3.02. The smallest absolute Gasteiger partial charge is 0.174 e. The third kappa shape index (κ3) is 3.31. The number of rotatable bonds is 3. The van der Waals surface area contributed by atoms with Gasteiger partial charge in [0.1, 0.15) is 0 Å². The molecule has 2 aliphatic rings. The van der Waals surface area contributed by atoms with Crippen LogP contribution in [0.2, 0.25) is 5.02 Å². The van der Waals surface area contributed by atoms with E-state index in [2.05, 4.69) is 15.9 Å². The van der Waals surface area contributed by atoms with Gasteiger partial charge in [0.25, 0.3) is 0 Å². The van der Waals surface area contributed by atoms with Gasteiger partial charge in [-0.3, -0.25) is 0 Å². The lowest BCUT2D eigenvalue weighted by atomic mass is 10.1. The molecule has 1 unspecified atom stereocenters. The molecule has 5 heteroatoms. The summed E-state index contributed by atoms with van der Waals surface area (Å²) in [5.41, 5.74) is 1.13. The van der Waals surface area contributed by atoms with E-state index in [0.29, 0.717) is 0 Å². The van der Waals surface area contributed by atoms with Crippen LogP contribution in [-0.4, -0.2) is 24.0 Å². The number of halogens is 2. The van der Waals surface area contributed by atoms with E-state index in [1.54, 1.807) is 0 Å². The lowest BCUT2D eigenvalue weighted by molar-refractivity contribution is -0.222. The number of hydrogen-bond acceptors (Lipinski definition) is 3. The first-order valence-corrected chi connectivity index (χ1v) is 7.84. The van der Waals surface area contributed by atoms with E-state index in [0.717, 1.165) is 36.5 Å². The van der Waals surface area contributed by atoms with Gasteiger partial charge in [-0.2, -0.15) is 0 Å². The Hall–Kier alpha value is -0.130. The number of alkyl halides is 1. The highest BCUT2D eigenvalue weighted by Gasteiger charge is 2.37. The molecule has 104 valence electrons. The van der Waals surface area contributed by atoms with Gasteiger partial charge >= 0.3 is 0 Å². The van der Waals surface area contributed by atoms with Crippen LogP contribution in [0.1, 0.15) is 30.9 Å². The molecule has 2 fully saturated rings. The Kier molecular flexibility index (Phi) is 4.44. The highest BCUT2D eigenvalue weighted by atomic mass is 79.9. The second-order valence-corrected chi connectivity index (χ2v) is 6.49. The average molecular weight is 348 g/mol. The second kappa shape index (κ2) is 6.10. The molecule has 19 heavy (non-hydrogen) atoms. The largest absolute Gasteiger partial charge is 0.353 e. The number of ether oxygens (including phenoxy) is 3. The van der Waals surface area contributed by atoms with E-state index < -0.39 is 0 Å². The summed E-state index contributed by atoms with van der Waals surface area (Å²) in [5, 5.41) is 0.740. The molecule has 0 saturated carbocycles. The van der Waals surface area contributed by atoms with Crippen LogP contribution in [0.5, 0.6) is 0 Å². The molecule has 2 aliphatic heterocycles. The molecule has 3 rings (SSSR count). The first-order valence-electron chi connectivity index (χ1n) is 6.54. The fourth-order valence-electron chi connectivity index (χ4n) is 2.43. The van der Waals surface area contributed by atoms with Gasteiger partial charge in [0.2, 0.25) is 0 Å². The van der Waals surface area contributed by atoms with Crippen LogP contribution in [0, 0.1) is 0 Å². The minimum atomic E-state index is -0.247. The summed E-state index contributed by atoms with van der Waals surface area (Å²) in [6.07, 6.45) is 2.58. The van der Waals surface area contributed by atoms with Gasteiger partial charge in [-0.1, -0.05) is 39.7 Å². The van der Waals surface area contributed by atoms with Crippen LogP contribution < -0.4 is 0 Å². The van der Waals surface area contributed by atoms with Crippen molar-refractivity contribution in [2.45, 2.75) is 42.8 Å². The lowest BCUT2D eigenvalue weighted by Crippen LogP contribution is -2.26. The Morgan fingerprint density at radius 3 is 2.74 bits per heavy atom. The maximum atomic E-state index is 5.97. The molecule has 0 amide bonds. The molecule has 3 nitrogen and oxygen atoms in total. The van der Waals surface area contributed by atoms with Crippen LogP contribution in [0.15, 0.2) is 24.3 Å². The first kappa shape index (κ1) is 13.8. The van der Waals surface area contributed by atoms with Crippen molar-refractivity contribution in [2.24, 2.45) is 0 Å². The van der Waals surface area contributed by atoms with E-state index >= 15 is 0 Å². The Morgan fingerprint density at radius 2 is 2.05 bits per heavy atom. The summed E-state index contributed by atoms with van der Waals surface area (Å²) in [4.78, 5) is 0.192. The van der Waals surface area contributed by atoms with Gasteiger partial charge in [0.15, 0.2) is 12.6 Å². The van der Waals surface area contributed by atoms with E-state index in [1.165, 1.54) is 0 Å². The first-order chi connectivity index (χ1) is 9.22. The van der Waals surface area contributed by atoms with Crippen LogP contribution in [-0.2, 0) is 14.2 Å². The second-order valence-electron chi connectivity index (χ2n) is 4.88. The van der Waals surface area contributed by atoms with Gasteiger partial charge in [-0.15, -0.1) is 0 Å². The topological polar surface area (TPSA) is 27.7 Å². The Bertz CT molecular complexity index is 419. The van der Waals surface area contributed by atoms with Crippen molar-refractivity contribution in [3.8, 4) is 0 Å². The molecular weight excluding hydrogens is 332 g/mol. The molecule has 0 N–H and O–H groups in total.